The van der Waals surface area contributed by atoms with Crippen LogP contribution in [0.25, 0.3) is 16.8 Å². The fourth-order valence-corrected chi connectivity index (χ4v) is 3.78. The molecule has 30 heavy (non-hydrogen) atoms. The van der Waals surface area contributed by atoms with Gasteiger partial charge in [0.2, 0.25) is 5.91 Å². The van der Waals surface area contributed by atoms with Crippen LogP contribution in [0.2, 0.25) is 0 Å². The van der Waals surface area contributed by atoms with Gasteiger partial charge in [-0.2, -0.15) is 0 Å². The Hall–Kier alpha value is -2.91. The van der Waals surface area contributed by atoms with E-state index in [0.717, 1.165) is 5.69 Å². The molecule has 1 aliphatic heterocycles. The molecule has 4 rings (SSSR count). The Kier molecular flexibility index (Phi) is 5.25. The molecule has 4 heterocycles. The highest BCUT2D eigenvalue weighted by molar-refractivity contribution is 5.90. The molecule has 0 aromatic carbocycles. The number of anilines is 1. The lowest BCUT2D eigenvalue weighted by molar-refractivity contribution is -0.114. The third-order valence-corrected chi connectivity index (χ3v) is 5.38. The van der Waals surface area contributed by atoms with E-state index in [-0.39, 0.29) is 18.1 Å². The van der Waals surface area contributed by atoms with Crippen LogP contribution in [0.1, 0.15) is 36.7 Å². The minimum atomic E-state index is -2.66. The molecule has 1 amide bonds. The van der Waals surface area contributed by atoms with E-state index in [4.69, 9.17) is 14.5 Å². The van der Waals surface area contributed by atoms with Gasteiger partial charge in [-0.3, -0.25) is 4.79 Å². The van der Waals surface area contributed by atoms with Crippen LogP contribution >= 0.6 is 0 Å². The van der Waals surface area contributed by atoms with Crippen LogP contribution < -0.4 is 5.32 Å². The number of hydrogen-bond donors (Lipinski definition) is 1. The Balaban J connectivity index is 1.91. The second-order valence-corrected chi connectivity index (χ2v) is 7.38. The van der Waals surface area contributed by atoms with Gasteiger partial charge in [0.15, 0.2) is 0 Å². The van der Waals surface area contributed by atoms with E-state index in [0.29, 0.717) is 41.3 Å². The van der Waals surface area contributed by atoms with Gasteiger partial charge in [0.05, 0.1) is 23.5 Å². The van der Waals surface area contributed by atoms with Gasteiger partial charge in [-0.15, -0.1) is 0 Å². The molecule has 1 fully saturated rings. The summed E-state index contributed by atoms with van der Waals surface area (Å²) in [6.45, 7) is 4.01. The number of ether oxygens (including phenoxy) is 2. The second kappa shape index (κ2) is 7.73. The number of hydrogen-bond acceptors (Lipinski definition) is 5. The Morgan fingerprint density at radius 1 is 1.33 bits per heavy atom. The van der Waals surface area contributed by atoms with E-state index in [9.17, 15) is 13.6 Å². The van der Waals surface area contributed by atoms with Crippen LogP contribution in [-0.4, -0.2) is 40.6 Å². The van der Waals surface area contributed by atoms with Crippen molar-refractivity contribution in [2.45, 2.75) is 32.3 Å². The van der Waals surface area contributed by atoms with E-state index in [2.05, 4.69) is 10.3 Å². The van der Waals surface area contributed by atoms with Crippen molar-refractivity contribution >= 4 is 17.2 Å². The molecule has 0 saturated carbocycles. The maximum Gasteiger partial charge on any atom is 0.263 e. The second-order valence-electron chi connectivity index (χ2n) is 7.38. The van der Waals surface area contributed by atoms with E-state index < -0.39 is 12.0 Å². The van der Waals surface area contributed by atoms with Crippen molar-refractivity contribution in [1.82, 2.24) is 14.4 Å². The summed E-state index contributed by atoms with van der Waals surface area (Å²) >= 11 is 0. The van der Waals surface area contributed by atoms with E-state index in [1.54, 1.807) is 12.4 Å². The summed E-state index contributed by atoms with van der Waals surface area (Å²) in [5, 5.41) is 2.65. The number of fused-ring (bicyclic) bond motifs is 1. The average Bonchev–Trinajstić information content (AvgIpc) is 3.33. The van der Waals surface area contributed by atoms with Gasteiger partial charge < -0.3 is 19.2 Å². The summed E-state index contributed by atoms with van der Waals surface area (Å²) in [6, 6.07) is 6.34. The lowest BCUT2D eigenvalue weighted by Crippen LogP contribution is -2.30. The number of nitrogens with zero attached hydrogens (tertiary/aromatic N) is 3. The monoisotopic (exact) mass is 416 g/mol. The molecule has 0 bridgehead atoms. The maximum atomic E-state index is 13.7. The summed E-state index contributed by atoms with van der Waals surface area (Å²) in [6.07, 6.45) is -0.540. The minimum absolute atomic E-state index is 0.133. The van der Waals surface area contributed by atoms with Crippen LogP contribution in [-0.2, 0) is 19.9 Å². The predicted molar refractivity (Wildman–Crippen MR) is 107 cm³/mol. The Morgan fingerprint density at radius 2 is 2.13 bits per heavy atom. The zero-order chi connectivity index (χ0) is 21.5. The minimum Gasteiger partial charge on any atom is -0.378 e. The number of carbonyl (C=O) groups excluding carboxylic acids is 1. The number of aromatic nitrogens is 3. The number of nitrogens with one attached hydrogen (secondary N) is 1. The maximum absolute atomic E-state index is 13.7. The molecule has 1 aliphatic rings. The molecule has 9 heteroatoms. The van der Waals surface area contributed by atoms with E-state index in [1.807, 2.05) is 17.4 Å². The van der Waals surface area contributed by atoms with Crippen molar-refractivity contribution in [3.05, 3.63) is 47.5 Å². The predicted octanol–water partition coefficient (Wildman–Crippen LogP) is 3.86. The lowest BCUT2D eigenvalue weighted by Gasteiger charge is -2.26. The summed E-state index contributed by atoms with van der Waals surface area (Å²) in [4.78, 5) is 20.3. The Bertz CT molecular complexity index is 1110. The third kappa shape index (κ3) is 3.54. The number of rotatable bonds is 5. The standard InChI is InChI=1S/C21H22F2N4O3/c1-12-6-15(17-9-19(25-13(2)28)24-11-27(12)17)16-7-14(20(22)23)8-18(26-16)21(29-3)4-5-30-10-21/h6-9,11,20H,4-5,10H2,1-3H3,(H,25,28)/t21-/m1/s1. The fraction of sp³-hybridized carbons (Fsp3) is 0.381. The largest absolute Gasteiger partial charge is 0.378 e. The van der Waals surface area contributed by atoms with Crippen molar-refractivity contribution in [1.29, 1.82) is 0 Å². The lowest BCUT2D eigenvalue weighted by atomic mass is 9.95. The summed E-state index contributed by atoms with van der Waals surface area (Å²) in [5.74, 6) is 0.122. The zero-order valence-electron chi connectivity index (χ0n) is 16.9. The van der Waals surface area contributed by atoms with Crippen LogP contribution in [0.5, 0.6) is 0 Å². The number of pyridine rings is 1. The van der Waals surface area contributed by atoms with Gasteiger partial charge in [0.1, 0.15) is 17.7 Å². The molecule has 3 aromatic heterocycles. The first-order valence-corrected chi connectivity index (χ1v) is 9.52. The summed E-state index contributed by atoms with van der Waals surface area (Å²) < 4.78 is 40.4. The first kappa shape index (κ1) is 20.4. The Labute approximate surface area is 172 Å². The highest BCUT2D eigenvalue weighted by atomic mass is 19.3. The normalized spacial score (nSPS) is 19.0. The van der Waals surface area contributed by atoms with Gasteiger partial charge in [-0.1, -0.05) is 0 Å². The van der Waals surface area contributed by atoms with Gasteiger partial charge in [-0.05, 0) is 25.1 Å². The SMILES string of the molecule is CO[C@]1(c2cc(C(F)F)cc(-c3cc(C)n4cnc(NC(C)=O)cc34)n2)CCOC1. The smallest absolute Gasteiger partial charge is 0.263 e. The molecule has 0 radical (unpaired) electrons. The average molecular weight is 416 g/mol. The first-order chi connectivity index (χ1) is 14.3. The zero-order valence-corrected chi connectivity index (χ0v) is 16.9. The molecular weight excluding hydrogens is 394 g/mol. The molecular formula is C21H22F2N4O3. The van der Waals surface area contributed by atoms with Crippen LogP contribution in [0, 0.1) is 6.92 Å². The molecule has 1 N–H and O–H groups in total. The molecule has 3 aromatic rings. The number of amides is 1. The number of methoxy groups -OCH3 is 1. The Morgan fingerprint density at radius 3 is 2.77 bits per heavy atom. The van der Waals surface area contributed by atoms with Crippen LogP contribution in [0.4, 0.5) is 14.6 Å². The topological polar surface area (TPSA) is 77.8 Å². The quantitative estimate of drug-likeness (QED) is 0.683. The molecule has 1 saturated heterocycles. The van der Waals surface area contributed by atoms with Gasteiger partial charge in [0, 0.05) is 49.9 Å². The molecule has 0 aliphatic carbocycles. The third-order valence-electron chi connectivity index (χ3n) is 5.38. The molecule has 158 valence electrons. The van der Waals surface area contributed by atoms with Gasteiger partial charge in [0.25, 0.3) is 6.43 Å². The van der Waals surface area contributed by atoms with Crippen molar-refractivity contribution < 1.29 is 23.0 Å². The van der Waals surface area contributed by atoms with Crippen molar-refractivity contribution in [2.24, 2.45) is 0 Å². The molecule has 7 nitrogen and oxygen atoms in total. The van der Waals surface area contributed by atoms with E-state index >= 15 is 0 Å². The van der Waals surface area contributed by atoms with Crippen LogP contribution in [0.3, 0.4) is 0 Å². The molecule has 1 atom stereocenters. The van der Waals surface area contributed by atoms with Crippen molar-refractivity contribution in [2.75, 3.05) is 25.6 Å². The summed E-state index contributed by atoms with van der Waals surface area (Å²) in [7, 11) is 1.54. The summed E-state index contributed by atoms with van der Waals surface area (Å²) in [5.41, 5.74) is 2.05. The van der Waals surface area contributed by atoms with Crippen LogP contribution in [0.15, 0.2) is 30.6 Å². The van der Waals surface area contributed by atoms with E-state index in [1.165, 1.54) is 26.2 Å². The highest BCUT2D eigenvalue weighted by Crippen LogP contribution is 2.37. The molecule has 0 unspecified atom stereocenters. The highest BCUT2D eigenvalue weighted by Gasteiger charge is 2.39. The van der Waals surface area contributed by atoms with Gasteiger partial charge in [-0.25, -0.2) is 18.7 Å². The number of aryl methyl sites for hydroxylation is 1. The first-order valence-electron chi connectivity index (χ1n) is 9.52. The molecule has 0 spiro atoms. The fourth-order valence-electron chi connectivity index (χ4n) is 3.78. The van der Waals surface area contributed by atoms with Crippen molar-refractivity contribution in [3.8, 4) is 11.3 Å². The van der Waals surface area contributed by atoms with Gasteiger partial charge >= 0.3 is 0 Å². The number of alkyl halides is 2. The number of carbonyl (C=O) groups is 1. The van der Waals surface area contributed by atoms with Crippen molar-refractivity contribution in [3.63, 3.8) is 0 Å². The number of halogens is 2.